The predicted molar refractivity (Wildman–Crippen MR) is 110 cm³/mol. The third-order valence-electron chi connectivity index (χ3n) is 4.93. The maximum absolute atomic E-state index is 12.1. The van der Waals surface area contributed by atoms with Crippen LogP contribution in [0.3, 0.4) is 0 Å². The molecule has 0 aliphatic carbocycles. The fourth-order valence-corrected chi connectivity index (χ4v) is 3.45. The molecule has 0 saturated carbocycles. The maximum atomic E-state index is 12.1. The lowest BCUT2D eigenvalue weighted by Crippen LogP contribution is -2.30. The molecule has 0 radical (unpaired) electrons. The van der Waals surface area contributed by atoms with Crippen LogP contribution in [-0.2, 0) is 11.3 Å². The monoisotopic (exact) mass is 376 g/mol. The summed E-state index contributed by atoms with van der Waals surface area (Å²) in [4.78, 5) is 18.0. The Morgan fingerprint density at radius 3 is 2.75 bits per heavy atom. The Morgan fingerprint density at radius 1 is 1.18 bits per heavy atom. The van der Waals surface area contributed by atoms with Gasteiger partial charge in [0.25, 0.3) is 0 Å². The van der Waals surface area contributed by atoms with E-state index in [0.717, 1.165) is 35.8 Å². The number of rotatable bonds is 7. The topological polar surface area (TPSA) is 59.4 Å². The van der Waals surface area contributed by atoms with Crippen LogP contribution in [0.15, 0.2) is 67.3 Å². The van der Waals surface area contributed by atoms with Gasteiger partial charge in [-0.2, -0.15) is 0 Å². The number of amides is 1. The Labute approximate surface area is 164 Å². The number of imidazole rings is 1. The third-order valence-corrected chi connectivity index (χ3v) is 4.93. The van der Waals surface area contributed by atoms with E-state index in [1.807, 2.05) is 64.2 Å². The van der Waals surface area contributed by atoms with Gasteiger partial charge in [0.2, 0.25) is 5.91 Å². The van der Waals surface area contributed by atoms with Crippen molar-refractivity contribution in [3.05, 3.63) is 67.3 Å². The summed E-state index contributed by atoms with van der Waals surface area (Å²) in [6, 6.07) is 16.1. The number of hydrogen-bond donors (Lipinski definition) is 1. The molecule has 1 fully saturated rings. The van der Waals surface area contributed by atoms with E-state index >= 15 is 0 Å². The zero-order valence-electron chi connectivity index (χ0n) is 15.9. The second-order valence-corrected chi connectivity index (χ2v) is 7.00. The first-order chi connectivity index (χ1) is 13.7. The van der Waals surface area contributed by atoms with Crippen LogP contribution in [0.1, 0.15) is 19.8 Å². The van der Waals surface area contributed by atoms with Crippen molar-refractivity contribution < 1.29 is 9.53 Å². The first-order valence-corrected chi connectivity index (χ1v) is 9.57. The van der Waals surface area contributed by atoms with Crippen LogP contribution in [0.25, 0.3) is 0 Å². The number of carbonyl (C=O) groups excluding carboxylic acids is 1. The molecule has 1 aliphatic heterocycles. The van der Waals surface area contributed by atoms with Crippen LogP contribution in [0, 0.1) is 0 Å². The zero-order chi connectivity index (χ0) is 19.3. The fraction of sp³-hybridized carbons (Fsp3) is 0.273. The normalized spacial score (nSPS) is 16.4. The molecule has 1 amide bonds. The van der Waals surface area contributed by atoms with Crippen LogP contribution in [0.4, 0.5) is 17.1 Å². The molecule has 1 unspecified atom stereocenters. The average Bonchev–Trinajstić information content (AvgIpc) is 3.33. The molecular weight excluding hydrogens is 352 g/mol. The molecule has 0 bridgehead atoms. The average molecular weight is 376 g/mol. The molecule has 6 nitrogen and oxygen atoms in total. The summed E-state index contributed by atoms with van der Waals surface area (Å²) in [6.45, 7) is 3.45. The van der Waals surface area contributed by atoms with Crippen LogP contribution in [-0.4, -0.2) is 28.1 Å². The minimum atomic E-state index is 0.196. The Balaban J connectivity index is 1.36. The summed E-state index contributed by atoms with van der Waals surface area (Å²) < 4.78 is 7.76. The number of benzene rings is 2. The van der Waals surface area contributed by atoms with Gasteiger partial charge in [0, 0.05) is 41.9 Å². The SMILES string of the molecule is CC1CCC(=O)N1c1cccc(Nc2ccc(OCCn3ccnc3)cc2)c1. The van der Waals surface area contributed by atoms with Crippen molar-refractivity contribution in [1.82, 2.24) is 9.55 Å². The molecule has 0 spiro atoms. The molecule has 1 aromatic heterocycles. The number of carbonyl (C=O) groups is 1. The largest absolute Gasteiger partial charge is 0.492 e. The van der Waals surface area contributed by atoms with Gasteiger partial charge in [-0.25, -0.2) is 4.98 Å². The van der Waals surface area contributed by atoms with Gasteiger partial charge >= 0.3 is 0 Å². The molecule has 1 atom stereocenters. The highest BCUT2D eigenvalue weighted by Crippen LogP contribution is 2.29. The lowest BCUT2D eigenvalue weighted by Gasteiger charge is -2.22. The second kappa shape index (κ2) is 8.17. The van der Waals surface area contributed by atoms with Gasteiger partial charge in [-0.1, -0.05) is 6.07 Å². The van der Waals surface area contributed by atoms with Gasteiger partial charge in [-0.05, 0) is 55.8 Å². The zero-order valence-corrected chi connectivity index (χ0v) is 15.9. The molecule has 28 heavy (non-hydrogen) atoms. The molecule has 1 N–H and O–H groups in total. The van der Waals surface area contributed by atoms with Gasteiger partial charge in [-0.15, -0.1) is 0 Å². The highest BCUT2D eigenvalue weighted by Gasteiger charge is 2.28. The van der Waals surface area contributed by atoms with E-state index in [2.05, 4.69) is 17.2 Å². The van der Waals surface area contributed by atoms with Gasteiger partial charge in [-0.3, -0.25) is 4.79 Å². The van der Waals surface area contributed by atoms with Crippen molar-refractivity contribution in [3.63, 3.8) is 0 Å². The molecule has 4 rings (SSSR count). The summed E-state index contributed by atoms with van der Waals surface area (Å²) in [5.74, 6) is 1.03. The van der Waals surface area contributed by atoms with Gasteiger partial charge in [0.15, 0.2) is 0 Å². The molecule has 1 aliphatic rings. The highest BCUT2D eigenvalue weighted by atomic mass is 16.5. The van der Waals surface area contributed by atoms with E-state index in [9.17, 15) is 4.79 Å². The lowest BCUT2D eigenvalue weighted by molar-refractivity contribution is -0.117. The molecule has 3 aromatic rings. The molecular formula is C22H24N4O2. The van der Waals surface area contributed by atoms with Crippen molar-refractivity contribution >= 4 is 23.0 Å². The first kappa shape index (κ1) is 18.1. The number of anilines is 3. The van der Waals surface area contributed by atoms with E-state index in [1.54, 1.807) is 12.5 Å². The number of aromatic nitrogens is 2. The first-order valence-electron chi connectivity index (χ1n) is 9.57. The summed E-state index contributed by atoms with van der Waals surface area (Å²) in [5.41, 5.74) is 2.87. The Hall–Kier alpha value is -3.28. The van der Waals surface area contributed by atoms with Crippen molar-refractivity contribution in [3.8, 4) is 5.75 Å². The minimum absolute atomic E-state index is 0.196. The van der Waals surface area contributed by atoms with Crippen LogP contribution in [0.5, 0.6) is 5.75 Å². The lowest BCUT2D eigenvalue weighted by atomic mass is 10.2. The van der Waals surface area contributed by atoms with Crippen molar-refractivity contribution in [2.24, 2.45) is 0 Å². The standard InChI is InChI=1S/C22H24N4O2/c1-17-5-10-22(27)26(17)20-4-2-3-19(15-20)24-18-6-8-21(9-7-18)28-14-13-25-12-11-23-16-25/h2-4,6-9,11-12,15-17,24H,5,10,13-14H2,1H3. The number of hydrogen-bond acceptors (Lipinski definition) is 4. The summed E-state index contributed by atoms with van der Waals surface area (Å²) in [5, 5.41) is 3.40. The van der Waals surface area contributed by atoms with E-state index in [-0.39, 0.29) is 11.9 Å². The third kappa shape index (κ3) is 4.17. The summed E-state index contributed by atoms with van der Waals surface area (Å²) in [6.07, 6.45) is 7.00. The Kier molecular flexibility index (Phi) is 5.28. The quantitative estimate of drug-likeness (QED) is 0.671. The second-order valence-electron chi connectivity index (χ2n) is 7.00. The van der Waals surface area contributed by atoms with Gasteiger partial charge in [0.05, 0.1) is 12.9 Å². The van der Waals surface area contributed by atoms with E-state index in [0.29, 0.717) is 13.0 Å². The van der Waals surface area contributed by atoms with E-state index in [1.165, 1.54) is 0 Å². The predicted octanol–water partition coefficient (Wildman–Crippen LogP) is 4.22. The highest BCUT2D eigenvalue weighted by molar-refractivity contribution is 5.96. The van der Waals surface area contributed by atoms with Gasteiger partial charge < -0.3 is 19.5 Å². The van der Waals surface area contributed by atoms with Crippen molar-refractivity contribution in [2.75, 3.05) is 16.8 Å². The van der Waals surface area contributed by atoms with Crippen molar-refractivity contribution in [1.29, 1.82) is 0 Å². The van der Waals surface area contributed by atoms with E-state index < -0.39 is 0 Å². The molecule has 2 aromatic carbocycles. The number of nitrogens with one attached hydrogen (secondary N) is 1. The Morgan fingerprint density at radius 2 is 2.04 bits per heavy atom. The molecule has 144 valence electrons. The summed E-state index contributed by atoms with van der Waals surface area (Å²) >= 11 is 0. The van der Waals surface area contributed by atoms with Crippen molar-refractivity contribution in [2.45, 2.75) is 32.4 Å². The maximum Gasteiger partial charge on any atom is 0.227 e. The van der Waals surface area contributed by atoms with Gasteiger partial charge in [0.1, 0.15) is 12.4 Å². The van der Waals surface area contributed by atoms with Crippen LogP contribution in [0.2, 0.25) is 0 Å². The number of nitrogens with zero attached hydrogens (tertiary/aromatic N) is 3. The number of ether oxygens (including phenoxy) is 1. The van der Waals surface area contributed by atoms with Crippen LogP contribution < -0.4 is 15.0 Å². The summed E-state index contributed by atoms with van der Waals surface area (Å²) in [7, 11) is 0. The van der Waals surface area contributed by atoms with Crippen LogP contribution >= 0.6 is 0 Å². The molecule has 1 saturated heterocycles. The van der Waals surface area contributed by atoms with E-state index in [4.69, 9.17) is 4.74 Å². The minimum Gasteiger partial charge on any atom is -0.492 e. The fourth-order valence-electron chi connectivity index (χ4n) is 3.45. The molecule has 6 heteroatoms. The molecule has 2 heterocycles. The smallest absolute Gasteiger partial charge is 0.227 e. The Bertz CT molecular complexity index is 922.